The maximum Gasteiger partial charge on any atom is 0.0869 e. The molecular formula is C52H38N4. The summed E-state index contributed by atoms with van der Waals surface area (Å²) >= 11 is 0. The Morgan fingerprint density at radius 1 is 0.482 bits per heavy atom. The molecule has 2 aliphatic heterocycles. The Balaban J connectivity index is 0.973. The summed E-state index contributed by atoms with van der Waals surface area (Å²) in [6, 6.07) is 56.8. The van der Waals surface area contributed by atoms with Crippen LogP contribution in [0, 0.1) is 0 Å². The van der Waals surface area contributed by atoms with Crippen molar-refractivity contribution in [3.05, 3.63) is 180 Å². The first-order valence-electron chi connectivity index (χ1n) is 19.8. The fraction of sp³-hybridized carbons (Fsp3) is 0.115. The van der Waals surface area contributed by atoms with Crippen LogP contribution in [-0.2, 0) is 11.0 Å². The summed E-state index contributed by atoms with van der Waals surface area (Å²) in [6.07, 6.45) is 5.66. The van der Waals surface area contributed by atoms with Gasteiger partial charge >= 0.3 is 0 Å². The minimum atomic E-state index is -0.264. The van der Waals surface area contributed by atoms with Crippen molar-refractivity contribution in [3.8, 4) is 22.5 Å². The fourth-order valence-electron chi connectivity index (χ4n) is 11.1. The molecule has 0 radical (unpaired) electrons. The summed E-state index contributed by atoms with van der Waals surface area (Å²) in [6.45, 7) is 7.27. The second-order valence-corrected chi connectivity index (χ2v) is 16.8. The average Bonchev–Trinajstić information content (AvgIpc) is 3.83. The summed E-state index contributed by atoms with van der Waals surface area (Å²) in [5, 5.41) is 3.89. The van der Waals surface area contributed by atoms with Gasteiger partial charge in [-0.15, -0.1) is 0 Å². The Hall–Kier alpha value is -6.78. The van der Waals surface area contributed by atoms with E-state index in [1.165, 1.54) is 106 Å². The van der Waals surface area contributed by atoms with Crippen LogP contribution in [0.2, 0.25) is 0 Å². The molecule has 0 bridgehead atoms. The number of anilines is 5. The zero-order valence-corrected chi connectivity index (χ0v) is 31.6. The minimum Gasteiger partial charge on any atom is -0.328 e. The van der Waals surface area contributed by atoms with Crippen LogP contribution in [0.15, 0.2) is 158 Å². The van der Waals surface area contributed by atoms with Crippen LogP contribution in [0.1, 0.15) is 49.6 Å². The fourth-order valence-corrected chi connectivity index (χ4v) is 11.1. The molecule has 4 heterocycles. The van der Waals surface area contributed by atoms with E-state index in [1.54, 1.807) is 0 Å². The second kappa shape index (κ2) is 10.3. The summed E-state index contributed by atoms with van der Waals surface area (Å²) in [5.41, 5.74) is 19.9. The second-order valence-electron chi connectivity index (χ2n) is 16.8. The maximum absolute atomic E-state index is 2.64. The smallest absolute Gasteiger partial charge is 0.0869 e. The van der Waals surface area contributed by atoms with Gasteiger partial charge in [-0.2, -0.15) is 0 Å². The van der Waals surface area contributed by atoms with Gasteiger partial charge in [-0.25, -0.2) is 0 Å². The lowest BCUT2D eigenvalue weighted by molar-refractivity contribution is 0.450. The molecule has 4 nitrogen and oxygen atoms in total. The lowest BCUT2D eigenvalue weighted by Gasteiger charge is -2.49. The molecule has 1 unspecified atom stereocenters. The van der Waals surface area contributed by atoms with Crippen molar-refractivity contribution in [2.45, 2.75) is 38.1 Å². The van der Waals surface area contributed by atoms with Gasteiger partial charge in [-0.1, -0.05) is 111 Å². The molecule has 7 aromatic carbocycles. The number of aromatic nitrogens is 2. The van der Waals surface area contributed by atoms with E-state index in [1.807, 2.05) is 0 Å². The molecule has 13 rings (SSSR count). The molecule has 0 fully saturated rings. The number of fused-ring (bicyclic) bond motifs is 13. The zero-order chi connectivity index (χ0) is 37.1. The van der Waals surface area contributed by atoms with Gasteiger partial charge < -0.3 is 18.9 Å². The maximum atomic E-state index is 2.64. The number of hydrogen-bond donors (Lipinski definition) is 0. The van der Waals surface area contributed by atoms with Crippen molar-refractivity contribution >= 4 is 67.2 Å². The molecule has 0 amide bonds. The third kappa shape index (κ3) is 3.56. The van der Waals surface area contributed by atoms with Crippen molar-refractivity contribution in [1.82, 2.24) is 9.13 Å². The molecule has 0 spiro atoms. The van der Waals surface area contributed by atoms with Crippen molar-refractivity contribution in [2.24, 2.45) is 0 Å². The van der Waals surface area contributed by atoms with Crippen LogP contribution in [-0.4, -0.2) is 9.13 Å². The highest BCUT2D eigenvalue weighted by Gasteiger charge is 2.46. The highest BCUT2D eigenvalue weighted by atomic mass is 15.3. The van der Waals surface area contributed by atoms with Crippen LogP contribution in [0.4, 0.5) is 28.4 Å². The van der Waals surface area contributed by atoms with E-state index in [0.717, 1.165) is 6.42 Å². The van der Waals surface area contributed by atoms with Gasteiger partial charge in [0.25, 0.3) is 0 Å². The van der Waals surface area contributed by atoms with Crippen LogP contribution in [0.25, 0.3) is 61.3 Å². The lowest BCUT2D eigenvalue weighted by atomic mass is 9.80. The summed E-state index contributed by atoms with van der Waals surface area (Å²) < 4.78 is 5.00. The Bertz CT molecular complexity index is 3240. The van der Waals surface area contributed by atoms with E-state index in [0.29, 0.717) is 0 Å². The van der Waals surface area contributed by atoms with Gasteiger partial charge in [0.2, 0.25) is 0 Å². The topological polar surface area (TPSA) is 16.3 Å². The number of para-hydroxylation sites is 7. The molecule has 9 aromatic rings. The first kappa shape index (κ1) is 30.5. The van der Waals surface area contributed by atoms with E-state index in [4.69, 9.17) is 0 Å². The van der Waals surface area contributed by atoms with Crippen molar-refractivity contribution in [3.63, 3.8) is 0 Å². The minimum absolute atomic E-state index is 0.213. The Morgan fingerprint density at radius 2 is 1.05 bits per heavy atom. The van der Waals surface area contributed by atoms with Crippen LogP contribution in [0.5, 0.6) is 0 Å². The monoisotopic (exact) mass is 718 g/mol. The van der Waals surface area contributed by atoms with Gasteiger partial charge in [0.15, 0.2) is 0 Å². The van der Waals surface area contributed by atoms with Gasteiger partial charge in [0.1, 0.15) is 0 Å². The molecule has 0 N–H and O–H groups in total. The third-order valence-electron chi connectivity index (χ3n) is 13.5. The molecule has 0 saturated carbocycles. The molecule has 0 saturated heterocycles. The van der Waals surface area contributed by atoms with E-state index in [9.17, 15) is 0 Å². The molecule has 4 heteroatoms. The van der Waals surface area contributed by atoms with Crippen molar-refractivity contribution in [1.29, 1.82) is 0 Å². The highest BCUT2D eigenvalue weighted by molar-refractivity contribution is 6.16. The van der Waals surface area contributed by atoms with Crippen LogP contribution >= 0.6 is 0 Å². The molecule has 2 aromatic heterocycles. The molecule has 266 valence electrons. The van der Waals surface area contributed by atoms with E-state index < -0.39 is 0 Å². The number of rotatable bonds is 2. The highest BCUT2D eigenvalue weighted by Crippen LogP contribution is 2.58. The number of benzene rings is 7. The summed E-state index contributed by atoms with van der Waals surface area (Å²) in [5.74, 6) is 0. The Morgan fingerprint density at radius 3 is 1.82 bits per heavy atom. The standard InChI is InChI=1S/C52H38N4/c1-51(2)40-30-32(53-44-20-8-9-21-45(44)54-42-18-6-4-14-36(42)38-16-12-24-48(53)49(38)54)25-27-34(40)35-28-26-33(31-41(35)51)56-47-23-11-10-22-46(47)55-43-19-7-5-15-37(43)39-17-13-29-52(56,3)50(39)55/h4-28,30-31H,29H2,1-3H3. The molecule has 2 aliphatic carbocycles. The normalized spacial score (nSPS) is 17.9. The molecule has 4 aliphatic rings. The Labute approximate surface area is 325 Å². The van der Waals surface area contributed by atoms with E-state index in [-0.39, 0.29) is 11.0 Å². The molecule has 1 atom stereocenters. The average molecular weight is 719 g/mol. The van der Waals surface area contributed by atoms with Gasteiger partial charge in [-0.05, 0) is 102 Å². The first-order chi connectivity index (χ1) is 27.4. The van der Waals surface area contributed by atoms with Gasteiger partial charge in [0.05, 0.1) is 56.2 Å². The first-order valence-corrected chi connectivity index (χ1v) is 19.8. The third-order valence-corrected chi connectivity index (χ3v) is 13.5. The summed E-state index contributed by atoms with van der Waals surface area (Å²) in [7, 11) is 0. The van der Waals surface area contributed by atoms with E-state index in [2.05, 4.69) is 204 Å². The zero-order valence-electron chi connectivity index (χ0n) is 31.6. The quantitative estimate of drug-likeness (QED) is 0.177. The Kier molecular flexibility index (Phi) is 5.61. The van der Waals surface area contributed by atoms with E-state index >= 15 is 0 Å². The number of nitrogens with zero attached hydrogens (tertiary/aromatic N) is 4. The summed E-state index contributed by atoms with van der Waals surface area (Å²) in [4.78, 5) is 5.12. The van der Waals surface area contributed by atoms with Crippen LogP contribution in [0.3, 0.4) is 0 Å². The molecule has 56 heavy (non-hydrogen) atoms. The largest absolute Gasteiger partial charge is 0.328 e. The van der Waals surface area contributed by atoms with Gasteiger partial charge in [-0.3, -0.25) is 0 Å². The lowest BCUT2D eigenvalue weighted by Crippen LogP contribution is -2.46. The predicted molar refractivity (Wildman–Crippen MR) is 233 cm³/mol. The van der Waals surface area contributed by atoms with Gasteiger partial charge in [0, 0.05) is 38.5 Å². The van der Waals surface area contributed by atoms with Crippen molar-refractivity contribution in [2.75, 3.05) is 9.80 Å². The van der Waals surface area contributed by atoms with Crippen LogP contribution < -0.4 is 9.80 Å². The molecular weight excluding hydrogens is 681 g/mol. The predicted octanol–water partition coefficient (Wildman–Crippen LogP) is 13.6. The van der Waals surface area contributed by atoms with Crippen molar-refractivity contribution < 1.29 is 0 Å². The SMILES string of the molecule is CC1(C)c2cc(N3c4ccccc4-n4c5ccccc5c5cccc3c54)ccc2-c2ccc(N3c4ccccc4-n4c5c(c6ccccc64)C=CCC53C)cc21. The number of hydrogen-bond acceptors (Lipinski definition) is 2.